The average molecular weight is 212 g/mol. The Labute approximate surface area is 84.1 Å². The van der Waals surface area contributed by atoms with E-state index in [9.17, 15) is 0 Å². The monoisotopic (exact) mass is 212 g/mol. The van der Waals surface area contributed by atoms with Crippen LogP contribution in [0.1, 0.15) is 6.92 Å². The maximum Gasteiger partial charge on any atom is 0.300 e. The minimum Gasteiger partial charge on any atom is -0.481 e. The lowest BCUT2D eigenvalue weighted by molar-refractivity contribution is -0.134. The first kappa shape index (κ1) is 19.0. The first-order valence-electron chi connectivity index (χ1n) is 3.98. The fourth-order valence-electron chi connectivity index (χ4n) is 0.440. The second-order valence-electron chi connectivity index (χ2n) is 1.74. The Hall–Kier alpha value is -0.690. The summed E-state index contributed by atoms with van der Waals surface area (Å²) in [6.07, 6.45) is 0. The highest BCUT2D eigenvalue weighted by atomic mass is 16.6. The van der Waals surface area contributed by atoms with Crippen molar-refractivity contribution in [2.75, 3.05) is 40.6 Å². The number of hydrogen-bond donors (Lipinski definition) is 3. The van der Waals surface area contributed by atoms with Crippen LogP contribution in [-0.2, 0) is 14.3 Å². The van der Waals surface area contributed by atoms with Crippen LogP contribution in [0.15, 0.2) is 0 Å². The van der Waals surface area contributed by atoms with Crippen molar-refractivity contribution < 1.29 is 29.6 Å². The fourth-order valence-corrected chi connectivity index (χ4v) is 0.440. The van der Waals surface area contributed by atoms with Crippen molar-refractivity contribution in [2.24, 2.45) is 0 Å². The number of hydrogen-bond acceptors (Lipinski definition) is 5. The second-order valence-corrected chi connectivity index (χ2v) is 1.74. The average Bonchev–Trinajstić information content (AvgIpc) is 2.25. The van der Waals surface area contributed by atoms with Gasteiger partial charge in [0.05, 0.1) is 26.4 Å². The number of carboxylic acids is 1. The Bertz CT molecular complexity index is 76.3. The highest BCUT2D eigenvalue weighted by molar-refractivity contribution is 5.62. The molecule has 0 bridgehead atoms. The van der Waals surface area contributed by atoms with Crippen molar-refractivity contribution in [1.82, 2.24) is 0 Å². The zero-order valence-corrected chi connectivity index (χ0v) is 8.89. The highest BCUT2D eigenvalue weighted by Crippen LogP contribution is 1.85. The molecule has 1 aliphatic heterocycles. The first-order chi connectivity index (χ1) is 6.73. The normalized spacial score (nSPS) is 12.9. The van der Waals surface area contributed by atoms with Crippen LogP contribution >= 0.6 is 0 Å². The smallest absolute Gasteiger partial charge is 0.300 e. The van der Waals surface area contributed by atoms with E-state index in [0.717, 1.165) is 47.6 Å². The van der Waals surface area contributed by atoms with Crippen molar-refractivity contribution in [3.63, 3.8) is 0 Å². The number of aliphatic carboxylic acids is 1. The number of rotatable bonds is 0. The van der Waals surface area contributed by atoms with Crippen molar-refractivity contribution in [2.45, 2.75) is 6.92 Å². The van der Waals surface area contributed by atoms with Crippen LogP contribution in [0.3, 0.4) is 0 Å². The van der Waals surface area contributed by atoms with Crippen LogP contribution in [0.25, 0.3) is 0 Å². The van der Waals surface area contributed by atoms with Crippen molar-refractivity contribution >= 4 is 5.97 Å². The summed E-state index contributed by atoms with van der Waals surface area (Å²) in [6, 6.07) is 0. The number of aliphatic hydroxyl groups is 2. The molecule has 0 spiro atoms. The third-order valence-corrected chi connectivity index (χ3v) is 0.744. The van der Waals surface area contributed by atoms with E-state index in [4.69, 9.17) is 29.6 Å². The van der Waals surface area contributed by atoms with E-state index in [1.54, 1.807) is 0 Å². The number of ether oxygens (including phenoxy) is 2. The predicted octanol–water partition coefficient (Wildman–Crippen LogP) is -0.659. The molecule has 88 valence electrons. The van der Waals surface area contributed by atoms with Gasteiger partial charge in [0, 0.05) is 21.1 Å². The third kappa shape index (κ3) is 42.6. The van der Waals surface area contributed by atoms with Gasteiger partial charge in [-0.15, -0.1) is 0 Å². The number of carboxylic acid groups (broad SMARTS) is 1. The Morgan fingerprint density at radius 3 is 1.14 bits per heavy atom. The van der Waals surface area contributed by atoms with E-state index in [1.165, 1.54) is 0 Å². The summed E-state index contributed by atoms with van der Waals surface area (Å²) in [4.78, 5) is 9.00. The molecule has 1 heterocycles. The SMILES string of the molecule is C1COCCO1.CC(=O)O.CO.CO. The van der Waals surface area contributed by atoms with Crippen molar-refractivity contribution in [3.8, 4) is 0 Å². The lowest BCUT2D eigenvalue weighted by Crippen LogP contribution is -2.16. The summed E-state index contributed by atoms with van der Waals surface area (Å²) in [5.74, 6) is -0.833. The van der Waals surface area contributed by atoms with Crippen LogP contribution in [0, 0.1) is 0 Å². The van der Waals surface area contributed by atoms with Gasteiger partial charge in [0.1, 0.15) is 0 Å². The minimum absolute atomic E-state index is 0.778. The number of aliphatic hydroxyl groups excluding tert-OH is 2. The Kier molecular flexibility index (Phi) is 30.9. The molecular weight excluding hydrogens is 192 g/mol. The van der Waals surface area contributed by atoms with E-state index in [-0.39, 0.29) is 0 Å². The Morgan fingerprint density at radius 1 is 0.929 bits per heavy atom. The summed E-state index contributed by atoms with van der Waals surface area (Å²) in [5, 5.41) is 21.4. The maximum absolute atomic E-state index is 9.00. The molecule has 0 aliphatic carbocycles. The standard InChI is InChI=1S/C4H8O2.C2H4O2.2CH4O/c1-2-6-4-3-5-1;1-2(3)4;2*1-2/h1-4H2;1H3,(H,3,4);2*2H,1H3. The molecule has 0 aromatic rings. The van der Waals surface area contributed by atoms with Gasteiger partial charge in [-0.3, -0.25) is 4.79 Å². The van der Waals surface area contributed by atoms with E-state index in [0.29, 0.717) is 0 Å². The van der Waals surface area contributed by atoms with Gasteiger partial charge in [0.25, 0.3) is 5.97 Å². The molecule has 1 rings (SSSR count). The van der Waals surface area contributed by atoms with Crippen LogP contribution in [0.2, 0.25) is 0 Å². The van der Waals surface area contributed by atoms with Gasteiger partial charge in [-0.1, -0.05) is 0 Å². The molecule has 14 heavy (non-hydrogen) atoms. The summed E-state index contributed by atoms with van der Waals surface area (Å²) < 4.78 is 9.89. The topological polar surface area (TPSA) is 96.2 Å². The molecule has 6 nitrogen and oxygen atoms in total. The molecule has 0 amide bonds. The maximum atomic E-state index is 9.00. The van der Waals surface area contributed by atoms with Crippen molar-refractivity contribution in [1.29, 1.82) is 0 Å². The molecule has 1 fully saturated rings. The van der Waals surface area contributed by atoms with Gasteiger partial charge < -0.3 is 24.8 Å². The summed E-state index contributed by atoms with van der Waals surface area (Å²) in [5.41, 5.74) is 0. The van der Waals surface area contributed by atoms with Gasteiger partial charge in [-0.25, -0.2) is 0 Å². The van der Waals surface area contributed by atoms with E-state index in [2.05, 4.69) is 0 Å². The molecular formula is C8H20O6. The summed E-state index contributed by atoms with van der Waals surface area (Å²) in [7, 11) is 2.00. The van der Waals surface area contributed by atoms with Gasteiger partial charge in [-0.2, -0.15) is 0 Å². The van der Waals surface area contributed by atoms with Crippen LogP contribution in [0.4, 0.5) is 0 Å². The summed E-state index contributed by atoms with van der Waals surface area (Å²) >= 11 is 0. The molecule has 0 aromatic carbocycles. The van der Waals surface area contributed by atoms with Crippen molar-refractivity contribution in [3.05, 3.63) is 0 Å². The van der Waals surface area contributed by atoms with Crippen LogP contribution in [0.5, 0.6) is 0 Å². The van der Waals surface area contributed by atoms with Crippen LogP contribution < -0.4 is 0 Å². The summed E-state index contributed by atoms with van der Waals surface area (Å²) in [6.45, 7) is 4.19. The molecule has 0 aromatic heterocycles. The molecule has 1 aliphatic rings. The lowest BCUT2D eigenvalue weighted by Gasteiger charge is -2.09. The predicted molar refractivity (Wildman–Crippen MR) is 51.2 cm³/mol. The van der Waals surface area contributed by atoms with E-state index >= 15 is 0 Å². The molecule has 3 N–H and O–H groups in total. The van der Waals surface area contributed by atoms with Gasteiger partial charge in [0.15, 0.2) is 0 Å². The minimum atomic E-state index is -0.833. The highest BCUT2D eigenvalue weighted by Gasteiger charge is 1.94. The van der Waals surface area contributed by atoms with Gasteiger partial charge in [0.2, 0.25) is 0 Å². The molecule has 1 saturated heterocycles. The molecule has 6 heteroatoms. The van der Waals surface area contributed by atoms with Gasteiger partial charge >= 0.3 is 0 Å². The zero-order chi connectivity index (χ0) is 11.8. The fraction of sp³-hybridized carbons (Fsp3) is 0.875. The molecule has 0 radical (unpaired) electrons. The quantitative estimate of drug-likeness (QED) is 0.493. The number of carbonyl (C=O) groups is 1. The van der Waals surface area contributed by atoms with Gasteiger partial charge in [-0.05, 0) is 0 Å². The largest absolute Gasteiger partial charge is 0.481 e. The zero-order valence-electron chi connectivity index (χ0n) is 8.89. The lowest BCUT2D eigenvalue weighted by atomic mass is 10.6. The first-order valence-corrected chi connectivity index (χ1v) is 3.98. The Morgan fingerprint density at radius 2 is 1.07 bits per heavy atom. The molecule has 0 atom stereocenters. The molecule has 0 unspecified atom stereocenters. The second kappa shape index (κ2) is 22.8. The third-order valence-electron chi connectivity index (χ3n) is 0.744. The van der Waals surface area contributed by atoms with E-state index in [1.807, 2.05) is 0 Å². The Balaban J connectivity index is -0.000000134. The van der Waals surface area contributed by atoms with E-state index < -0.39 is 5.97 Å². The molecule has 0 saturated carbocycles. The van der Waals surface area contributed by atoms with Crippen LogP contribution in [-0.4, -0.2) is 61.9 Å².